The molecule has 0 bridgehead atoms. The van der Waals surface area contributed by atoms with Crippen LogP contribution in [-0.2, 0) is 5.41 Å². The molecule has 1 aromatic heterocycles. The van der Waals surface area contributed by atoms with Gasteiger partial charge in [-0.3, -0.25) is 0 Å². The van der Waals surface area contributed by atoms with E-state index in [1.807, 2.05) is 0 Å². The molecular formula is C19H17NSe. The summed E-state index contributed by atoms with van der Waals surface area (Å²) in [6.07, 6.45) is 0. The molecule has 0 atom stereocenters. The predicted molar refractivity (Wildman–Crippen MR) is 90.2 cm³/mol. The van der Waals surface area contributed by atoms with Crippen molar-refractivity contribution in [3.05, 3.63) is 76.7 Å². The summed E-state index contributed by atoms with van der Waals surface area (Å²) in [6, 6.07) is 22.1. The summed E-state index contributed by atoms with van der Waals surface area (Å²) in [5.74, 6) is 0. The van der Waals surface area contributed by atoms with Crippen LogP contribution in [0.3, 0.4) is 0 Å². The Labute approximate surface area is 131 Å². The van der Waals surface area contributed by atoms with E-state index in [4.69, 9.17) is 0 Å². The third kappa shape index (κ3) is 1.83. The Balaban J connectivity index is 2.06. The molecule has 1 aliphatic rings. The fraction of sp³-hybridized carbons (Fsp3) is 0.158. The van der Waals surface area contributed by atoms with Crippen LogP contribution in [0.5, 0.6) is 0 Å². The number of para-hydroxylation sites is 2. The number of hydrogen-bond acceptors (Lipinski definition) is 1. The van der Waals surface area contributed by atoms with Crippen LogP contribution in [0.15, 0.2) is 65.6 Å². The minimum atomic E-state index is 0.0449. The quantitative estimate of drug-likeness (QED) is 0.573. The van der Waals surface area contributed by atoms with Crippen molar-refractivity contribution in [2.24, 2.45) is 0 Å². The van der Waals surface area contributed by atoms with Gasteiger partial charge in [-0.05, 0) is 0 Å². The van der Waals surface area contributed by atoms with Gasteiger partial charge in [0.2, 0.25) is 0 Å². The number of nitrogens with zero attached hydrogens (tertiary/aromatic N) is 1. The standard InChI is InChI=1S/C19H17NSe/c1-19(2)14-8-3-5-10-16(14)20(18-12-7-13-21-18)17-11-6-4-9-15(17)19/h3-13H,1-2H3. The summed E-state index contributed by atoms with van der Waals surface area (Å²) in [4.78, 5) is 4.74. The van der Waals surface area contributed by atoms with Crippen LogP contribution in [0.1, 0.15) is 25.0 Å². The van der Waals surface area contributed by atoms with Crippen LogP contribution in [0, 0.1) is 0 Å². The maximum absolute atomic E-state index is 2.45. The first-order valence-electron chi connectivity index (χ1n) is 7.22. The zero-order valence-corrected chi connectivity index (χ0v) is 13.9. The fourth-order valence-corrected chi connectivity index (χ4v) is 4.89. The van der Waals surface area contributed by atoms with Crippen molar-refractivity contribution < 1.29 is 0 Å². The first kappa shape index (κ1) is 12.9. The molecule has 2 aromatic carbocycles. The van der Waals surface area contributed by atoms with E-state index in [1.54, 1.807) is 0 Å². The molecule has 0 aliphatic carbocycles. The fourth-order valence-electron chi connectivity index (χ4n) is 3.30. The number of rotatable bonds is 1. The van der Waals surface area contributed by atoms with Gasteiger partial charge in [0, 0.05) is 0 Å². The molecule has 1 aliphatic heterocycles. The van der Waals surface area contributed by atoms with Crippen LogP contribution >= 0.6 is 0 Å². The molecular weight excluding hydrogens is 321 g/mol. The Morgan fingerprint density at radius 2 is 1.33 bits per heavy atom. The van der Waals surface area contributed by atoms with Gasteiger partial charge in [-0.25, -0.2) is 0 Å². The summed E-state index contributed by atoms with van der Waals surface area (Å²) in [5, 5.41) is 0. The third-order valence-corrected chi connectivity index (χ3v) is 6.15. The van der Waals surface area contributed by atoms with E-state index in [2.05, 4.69) is 84.4 Å². The Morgan fingerprint density at radius 3 is 1.86 bits per heavy atom. The Bertz CT molecular complexity index is 737. The van der Waals surface area contributed by atoms with Crippen LogP contribution in [-0.4, -0.2) is 14.5 Å². The van der Waals surface area contributed by atoms with E-state index in [0.717, 1.165) is 0 Å². The van der Waals surface area contributed by atoms with E-state index in [-0.39, 0.29) is 5.41 Å². The van der Waals surface area contributed by atoms with Gasteiger partial charge in [0.1, 0.15) is 0 Å². The van der Waals surface area contributed by atoms with Gasteiger partial charge >= 0.3 is 131 Å². The van der Waals surface area contributed by atoms with Crippen LogP contribution in [0.4, 0.5) is 15.9 Å². The van der Waals surface area contributed by atoms with E-state index >= 15 is 0 Å². The Kier molecular flexibility index (Phi) is 2.85. The zero-order chi connectivity index (χ0) is 14.4. The topological polar surface area (TPSA) is 3.24 Å². The molecule has 0 fully saturated rings. The molecule has 0 N–H and O–H groups in total. The molecule has 0 saturated carbocycles. The van der Waals surface area contributed by atoms with E-state index in [0.29, 0.717) is 14.5 Å². The molecule has 3 aromatic rings. The molecule has 2 heterocycles. The van der Waals surface area contributed by atoms with Gasteiger partial charge in [0.25, 0.3) is 0 Å². The van der Waals surface area contributed by atoms with Crippen LogP contribution in [0.2, 0.25) is 0 Å². The molecule has 2 heteroatoms. The molecule has 4 rings (SSSR count). The average Bonchev–Trinajstić information content (AvgIpc) is 3.02. The van der Waals surface area contributed by atoms with Crippen molar-refractivity contribution in [3.8, 4) is 0 Å². The molecule has 104 valence electrons. The third-order valence-electron chi connectivity index (χ3n) is 4.36. The van der Waals surface area contributed by atoms with Crippen molar-refractivity contribution >= 4 is 30.4 Å². The Hall–Kier alpha value is -1.76. The van der Waals surface area contributed by atoms with Crippen molar-refractivity contribution in [2.75, 3.05) is 4.90 Å². The molecule has 0 unspecified atom stereocenters. The van der Waals surface area contributed by atoms with Gasteiger partial charge in [-0.15, -0.1) is 0 Å². The van der Waals surface area contributed by atoms with Gasteiger partial charge in [0.05, 0.1) is 0 Å². The molecule has 0 amide bonds. The summed E-state index contributed by atoms with van der Waals surface area (Å²) in [6.45, 7) is 4.66. The number of anilines is 3. The van der Waals surface area contributed by atoms with Crippen molar-refractivity contribution in [1.29, 1.82) is 0 Å². The van der Waals surface area contributed by atoms with E-state index < -0.39 is 0 Å². The summed E-state index contributed by atoms with van der Waals surface area (Å²) in [7, 11) is 0. The average molecular weight is 338 g/mol. The summed E-state index contributed by atoms with van der Waals surface area (Å²) >= 11 is 0.418. The predicted octanol–water partition coefficient (Wildman–Crippen LogP) is 4.85. The number of hydrogen-bond donors (Lipinski definition) is 0. The zero-order valence-electron chi connectivity index (χ0n) is 12.2. The molecule has 0 saturated heterocycles. The second-order valence-corrected chi connectivity index (χ2v) is 7.89. The van der Waals surface area contributed by atoms with Crippen LogP contribution in [0.25, 0.3) is 0 Å². The van der Waals surface area contributed by atoms with Gasteiger partial charge in [-0.2, -0.15) is 0 Å². The minimum absolute atomic E-state index is 0.0449. The van der Waals surface area contributed by atoms with Gasteiger partial charge in [0.15, 0.2) is 0 Å². The molecule has 21 heavy (non-hydrogen) atoms. The number of benzene rings is 2. The van der Waals surface area contributed by atoms with Crippen molar-refractivity contribution in [1.82, 2.24) is 0 Å². The van der Waals surface area contributed by atoms with Gasteiger partial charge in [-0.1, -0.05) is 0 Å². The summed E-state index contributed by atoms with van der Waals surface area (Å²) < 4.78 is 1.41. The van der Waals surface area contributed by atoms with E-state index in [9.17, 15) is 0 Å². The monoisotopic (exact) mass is 339 g/mol. The maximum atomic E-state index is 2.45. The first-order chi connectivity index (χ1) is 10.2. The van der Waals surface area contributed by atoms with Crippen LogP contribution < -0.4 is 4.90 Å². The summed E-state index contributed by atoms with van der Waals surface area (Å²) in [5.41, 5.74) is 5.53. The van der Waals surface area contributed by atoms with E-state index in [1.165, 1.54) is 27.1 Å². The number of fused-ring (bicyclic) bond motifs is 2. The molecule has 0 radical (unpaired) electrons. The van der Waals surface area contributed by atoms with Gasteiger partial charge < -0.3 is 0 Å². The van der Waals surface area contributed by atoms with Crippen molar-refractivity contribution in [2.45, 2.75) is 19.3 Å². The normalized spacial score (nSPS) is 15.4. The Morgan fingerprint density at radius 1 is 0.762 bits per heavy atom. The van der Waals surface area contributed by atoms with Crippen molar-refractivity contribution in [3.63, 3.8) is 0 Å². The second-order valence-electron chi connectivity index (χ2n) is 5.95. The molecule has 1 nitrogen and oxygen atoms in total. The molecule has 0 spiro atoms. The SMILES string of the molecule is CC1(C)c2ccccc2N(c2ccc[se]2)c2ccccc21. The second kappa shape index (κ2) is 4.62. The first-order valence-corrected chi connectivity index (χ1v) is 9.07.